The Bertz CT molecular complexity index is 1010. The van der Waals surface area contributed by atoms with Crippen LogP contribution in [0.3, 0.4) is 0 Å². The van der Waals surface area contributed by atoms with Gasteiger partial charge in [-0.2, -0.15) is 4.31 Å². The summed E-state index contributed by atoms with van der Waals surface area (Å²) in [5.41, 5.74) is 0.100. The molecule has 1 aliphatic heterocycles. The molecule has 0 saturated carbocycles. The van der Waals surface area contributed by atoms with E-state index < -0.39 is 34.2 Å². The SMILES string of the molecule is O=C(CNC(=O)c1ccccc1F)Nc1cccc(S(=O)(=O)N2CCOCC2)c1. The molecular formula is C19H20FN3O5S. The van der Waals surface area contributed by atoms with Gasteiger partial charge in [-0.05, 0) is 30.3 Å². The molecule has 0 radical (unpaired) electrons. The fourth-order valence-corrected chi connectivity index (χ4v) is 4.23. The number of carbonyl (C=O) groups excluding carboxylic acids is 2. The molecule has 1 heterocycles. The van der Waals surface area contributed by atoms with Gasteiger partial charge in [0.2, 0.25) is 15.9 Å². The lowest BCUT2D eigenvalue weighted by molar-refractivity contribution is -0.115. The molecular weight excluding hydrogens is 401 g/mol. The maximum Gasteiger partial charge on any atom is 0.254 e. The molecule has 154 valence electrons. The van der Waals surface area contributed by atoms with E-state index in [4.69, 9.17) is 4.74 Å². The van der Waals surface area contributed by atoms with Gasteiger partial charge in [-0.15, -0.1) is 0 Å². The molecule has 2 amide bonds. The van der Waals surface area contributed by atoms with Gasteiger partial charge in [-0.25, -0.2) is 12.8 Å². The number of hydrogen-bond acceptors (Lipinski definition) is 5. The molecule has 0 bridgehead atoms. The molecule has 2 aromatic carbocycles. The number of sulfonamides is 1. The van der Waals surface area contributed by atoms with Gasteiger partial charge in [0.15, 0.2) is 0 Å². The molecule has 0 unspecified atom stereocenters. The lowest BCUT2D eigenvalue weighted by Crippen LogP contribution is -2.40. The van der Waals surface area contributed by atoms with Crippen molar-refractivity contribution in [3.8, 4) is 0 Å². The third-order valence-corrected chi connectivity index (χ3v) is 6.15. The Morgan fingerprint density at radius 2 is 1.79 bits per heavy atom. The highest BCUT2D eigenvalue weighted by Gasteiger charge is 2.26. The summed E-state index contributed by atoms with van der Waals surface area (Å²) in [6.07, 6.45) is 0. The van der Waals surface area contributed by atoms with Crippen molar-refractivity contribution in [1.82, 2.24) is 9.62 Å². The average molecular weight is 421 g/mol. The molecule has 29 heavy (non-hydrogen) atoms. The van der Waals surface area contributed by atoms with E-state index in [0.717, 1.165) is 6.07 Å². The van der Waals surface area contributed by atoms with Crippen molar-refractivity contribution in [2.24, 2.45) is 0 Å². The average Bonchev–Trinajstić information content (AvgIpc) is 2.73. The summed E-state index contributed by atoms with van der Waals surface area (Å²) in [4.78, 5) is 24.1. The molecule has 1 fully saturated rings. The molecule has 0 spiro atoms. The quantitative estimate of drug-likeness (QED) is 0.730. The minimum absolute atomic E-state index is 0.0487. The zero-order chi connectivity index (χ0) is 20.9. The van der Waals surface area contributed by atoms with Crippen molar-refractivity contribution >= 4 is 27.5 Å². The summed E-state index contributed by atoms with van der Waals surface area (Å²) in [6.45, 7) is 0.796. The number of anilines is 1. The van der Waals surface area contributed by atoms with Crippen LogP contribution in [0, 0.1) is 5.82 Å². The molecule has 3 rings (SSSR count). The fourth-order valence-electron chi connectivity index (χ4n) is 2.78. The number of ether oxygens (including phenoxy) is 1. The van der Waals surface area contributed by atoms with Gasteiger partial charge in [-0.3, -0.25) is 9.59 Å². The highest BCUT2D eigenvalue weighted by atomic mass is 32.2. The molecule has 2 N–H and O–H groups in total. The number of halogens is 1. The summed E-state index contributed by atoms with van der Waals surface area (Å²) in [5.74, 6) is -1.98. The smallest absolute Gasteiger partial charge is 0.254 e. The van der Waals surface area contributed by atoms with E-state index in [1.54, 1.807) is 0 Å². The second kappa shape index (κ2) is 9.12. The molecule has 1 saturated heterocycles. The lowest BCUT2D eigenvalue weighted by atomic mass is 10.2. The Morgan fingerprint density at radius 3 is 2.52 bits per heavy atom. The zero-order valence-corrected chi connectivity index (χ0v) is 16.2. The van der Waals surface area contributed by atoms with Crippen LogP contribution in [-0.2, 0) is 19.6 Å². The van der Waals surface area contributed by atoms with Crippen molar-refractivity contribution in [1.29, 1.82) is 0 Å². The predicted molar refractivity (Wildman–Crippen MR) is 103 cm³/mol. The lowest BCUT2D eigenvalue weighted by Gasteiger charge is -2.26. The van der Waals surface area contributed by atoms with Crippen LogP contribution in [-0.4, -0.2) is 57.4 Å². The van der Waals surface area contributed by atoms with Gasteiger partial charge in [0.05, 0.1) is 30.2 Å². The third-order valence-electron chi connectivity index (χ3n) is 4.25. The van der Waals surface area contributed by atoms with Crippen molar-refractivity contribution in [3.05, 3.63) is 59.9 Å². The minimum Gasteiger partial charge on any atom is -0.379 e. The zero-order valence-electron chi connectivity index (χ0n) is 15.4. The van der Waals surface area contributed by atoms with Crippen LogP contribution >= 0.6 is 0 Å². The van der Waals surface area contributed by atoms with E-state index in [0.29, 0.717) is 13.2 Å². The number of morpholine rings is 1. The first-order valence-corrected chi connectivity index (χ1v) is 10.3. The number of nitrogens with zero attached hydrogens (tertiary/aromatic N) is 1. The Kier molecular flexibility index (Phi) is 6.57. The fraction of sp³-hybridized carbons (Fsp3) is 0.263. The van der Waals surface area contributed by atoms with E-state index in [9.17, 15) is 22.4 Å². The third kappa shape index (κ3) is 5.17. The van der Waals surface area contributed by atoms with Crippen LogP contribution in [0.15, 0.2) is 53.4 Å². The Morgan fingerprint density at radius 1 is 1.07 bits per heavy atom. The van der Waals surface area contributed by atoms with E-state index in [-0.39, 0.29) is 29.2 Å². The van der Waals surface area contributed by atoms with E-state index in [1.807, 2.05) is 0 Å². The van der Waals surface area contributed by atoms with E-state index in [1.165, 1.54) is 46.8 Å². The number of nitrogens with one attached hydrogen (secondary N) is 2. The second-order valence-corrected chi connectivity index (χ2v) is 8.19. The number of benzene rings is 2. The highest BCUT2D eigenvalue weighted by molar-refractivity contribution is 7.89. The minimum atomic E-state index is -3.70. The van der Waals surface area contributed by atoms with Gasteiger partial charge in [0, 0.05) is 18.8 Å². The van der Waals surface area contributed by atoms with Gasteiger partial charge in [0.1, 0.15) is 5.82 Å². The molecule has 8 nitrogen and oxygen atoms in total. The van der Waals surface area contributed by atoms with Gasteiger partial charge in [0.25, 0.3) is 5.91 Å². The van der Waals surface area contributed by atoms with Crippen molar-refractivity contribution in [2.75, 3.05) is 38.2 Å². The molecule has 0 atom stereocenters. The van der Waals surface area contributed by atoms with Crippen LogP contribution in [0.4, 0.5) is 10.1 Å². The normalized spacial score (nSPS) is 14.9. The Hall–Kier alpha value is -2.82. The Balaban J connectivity index is 1.62. The summed E-state index contributed by atoms with van der Waals surface area (Å²) in [6, 6.07) is 11.3. The number of rotatable bonds is 6. The topological polar surface area (TPSA) is 105 Å². The first kappa shape index (κ1) is 20.9. The first-order chi connectivity index (χ1) is 13.9. The summed E-state index contributed by atoms with van der Waals surface area (Å²) in [5, 5.41) is 4.85. The largest absolute Gasteiger partial charge is 0.379 e. The van der Waals surface area contributed by atoms with Gasteiger partial charge >= 0.3 is 0 Å². The molecule has 10 heteroatoms. The molecule has 1 aliphatic rings. The predicted octanol–water partition coefficient (Wildman–Crippen LogP) is 1.22. The second-order valence-electron chi connectivity index (χ2n) is 6.25. The maximum absolute atomic E-state index is 13.6. The van der Waals surface area contributed by atoms with Crippen molar-refractivity contribution < 1.29 is 27.1 Å². The number of carbonyl (C=O) groups is 2. The van der Waals surface area contributed by atoms with Crippen LogP contribution in [0.5, 0.6) is 0 Å². The number of amides is 2. The van der Waals surface area contributed by atoms with Crippen LogP contribution in [0.25, 0.3) is 0 Å². The van der Waals surface area contributed by atoms with Crippen molar-refractivity contribution in [2.45, 2.75) is 4.90 Å². The molecule has 2 aromatic rings. The maximum atomic E-state index is 13.6. The highest BCUT2D eigenvalue weighted by Crippen LogP contribution is 2.20. The first-order valence-electron chi connectivity index (χ1n) is 8.88. The van der Waals surface area contributed by atoms with Crippen LogP contribution < -0.4 is 10.6 Å². The summed E-state index contributed by atoms with van der Waals surface area (Å²) < 4.78 is 45.5. The van der Waals surface area contributed by atoms with Gasteiger partial charge < -0.3 is 15.4 Å². The van der Waals surface area contributed by atoms with Crippen molar-refractivity contribution in [3.63, 3.8) is 0 Å². The van der Waals surface area contributed by atoms with E-state index in [2.05, 4.69) is 10.6 Å². The van der Waals surface area contributed by atoms with Crippen LogP contribution in [0.2, 0.25) is 0 Å². The summed E-state index contributed by atoms with van der Waals surface area (Å²) in [7, 11) is -3.70. The molecule has 0 aromatic heterocycles. The summed E-state index contributed by atoms with van der Waals surface area (Å²) >= 11 is 0. The van der Waals surface area contributed by atoms with Crippen LogP contribution in [0.1, 0.15) is 10.4 Å². The van der Waals surface area contributed by atoms with Gasteiger partial charge in [-0.1, -0.05) is 18.2 Å². The molecule has 0 aliphatic carbocycles. The van der Waals surface area contributed by atoms with E-state index >= 15 is 0 Å². The Labute approximate surface area is 167 Å². The monoisotopic (exact) mass is 421 g/mol. The number of hydrogen-bond donors (Lipinski definition) is 2. The standard InChI is InChI=1S/C19H20FN3O5S/c20-17-7-2-1-6-16(17)19(25)21-13-18(24)22-14-4-3-5-15(12-14)29(26,27)23-8-10-28-11-9-23/h1-7,12H,8-11,13H2,(H,21,25)(H,22,24).